The molecule has 0 aliphatic heterocycles. The van der Waals surface area contributed by atoms with Crippen molar-refractivity contribution in [1.29, 1.82) is 0 Å². The maximum Gasteiger partial charge on any atom is 0.261 e. The standard InChI is InChI=1S/C15H14N6O/c1-11(12-6-8-16-9-7-12)17-19-15(22)10-21-14-5-3-2-4-13(14)18-20-21/h2-9H,10H2,1H3,(H,19,22). The van der Waals surface area contributed by atoms with E-state index in [2.05, 4.69) is 25.8 Å². The highest BCUT2D eigenvalue weighted by Crippen LogP contribution is 2.09. The Morgan fingerprint density at radius 3 is 2.82 bits per heavy atom. The number of amides is 1. The third-order valence-corrected chi connectivity index (χ3v) is 3.16. The topological polar surface area (TPSA) is 85.1 Å². The van der Waals surface area contributed by atoms with E-state index in [-0.39, 0.29) is 12.5 Å². The first kappa shape index (κ1) is 13.9. The van der Waals surface area contributed by atoms with Gasteiger partial charge in [-0.25, -0.2) is 10.1 Å². The summed E-state index contributed by atoms with van der Waals surface area (Å²) in [6.07, 6.45) is 3.36. The van der Waals surface area contributed by atoms with E-state index >= 15 is 0 Å². The lowest BCUT2D eigenvalue weighted by molar-refractivity contribution is -0.121. The Balaban J connectivity index is 1.68. The normalized spacial score (nSPS) is 11.6. The summed E-state index contributed by atoms with van der Waals surface area (Å²) in [6, 6.07) is 11.1. The fourth-order valence-electron chi connectivity index (χ4n) is 2.01. The quantitative estimate of drug-likeness (QED) is 0.581. The van der Waals surface area contributed by atoms with Crippen molar-refractivity contribution in [2.24, 2.45) is 5.10 Å². The zero-order valence-corrected chi connectivity index (χ0v) is 12.0. The van der Waals surface area contributed by atoms with Gasteiger partial charge >= 0.3 is 0 Å². The molecule has 1 N–H and O–H groups in total. The molecule has 0 aliphatic carbocycles. The molecule has 1 aromatic carbocycles. The van der Waals surface area contributed by atoms with Crippen LogP contribution >= 0.6 is 0 Å². The number of carbonyl (C=O) groups excluding carboxylic acids is 1. The summed E-state index contributed by atoms with van der Waals surface area (Å²) in [5.41, 5.74) is 5.70. The van der Waals surface area contributed by atoms with E-state index in [1.807, 2.05) is 43.3 Å². The van der Waals surface area contributed by atoms with Gasteiger partial charge in [0.1, 0.15) is 12.1 Å². The molecule has 0 unspecified atom stereocenters. The van der Waals surface area contributed by atoms with Crippen molar-refractivity contribution in [3.8, 4) is 0 Å². The fraction of sp³-hybridized carbons (Fsp3) is 0.133. The van der Waals surface area contributed by atoms with Gasteiger partial charge in [0.15, 0.2) is 0 Å². The Bertz CT molecular complexity index is 824. The van der Waals surface area contributed by atoms with E-state index in [1.54, 1.807) is 17.1 Å². The molecule has 0 bridgehead atoms. The van der Waals surface area contributed by atoms with Crippen LogP contribution in [0.3, 0.4) is 0 Å². The van der Waals surface area contributed by atoms with E-state index in [1.165, 1.54) is 0 Å². The number of carbonyl (C=O) groups is 1. The summed E-state index contributed by atoms with van der Waals surface area (Å²) in [5.74, 6) is -0.260. The van der Waals surface area contributed by atoms with Crippen molar-refractivity contribution < 1.29 is 4.79 Å². The molecule has 0 aliphatic rings. The maximum absolute atomic E-state index is 12.0. The number of para-hydroxylation sites is 1. The zero-order chi connectivity index (χ0) is 15.4. The van der Waals surface area contributed by atoms with E-state index in [4.69, 9.17) is 0 Å². The molecule has 0 fully saturated rings. The summed E-state index contributed by atoms with van der Waals surface area (Å²) in [5, 5.41) is 12.1. The van der Waals surface area contributed by atoms with Crippen LogP contribution in [0.15, 0.2) is 53.9 Å². The van der Waals surface area contributed by atoms with Crippen molar-refractivity contribution in [2.75, 3.05) is 0 Å². The predicted octanol–water partition coefficient (Wildman–Crippen LogP) is 1.37. The molecule has 0 atom stereocenters. The molecule has 3 rings (SSSR count). The smallest absolute Gasteiger partial charge is 0.261 e. The molecule has 3 aromatic rings. The number of hydrogen-bond acceptors (Lipinski definition) is 5. The molecule has 1 amide bonds. The summed E-state index contributed by atoms with van der Waals surface area (Å²) < 4.78 is 1.54. The number of fused-ring (bicyclic) bond motifs is 1. The molecule has 0 saturated carbocycles. The Hall–Kier alpha value is -3.09. The lowest BCUT2D eigenvalue weighted by atomic mass is 10.2. The van der Waals surface area contributed by atoms with Crippen LogP contribution in [0.25, 0.3) is 11.0 Å². The van der Waals surface area contributed by atoms with Gasteiger partial charge in [0.2, 0.25) is 0 Å². The van der Waals surface area contributed by atoms with Gasteiger partial charge in [-0.05, 0) is 31.2 Å². The second-order valence-electron chi connectivity index (χ2n) is 4.70. The highest BCUT2D eigenvalue weighted by atomic mass is 16.2. The molecule has 7 nitrogen and oxygen atoms in total. The zero-order valence-electron chi connectivity index (χ0n) is 12.0. The van der Waals surface area contributed by atoms with E-state index < -0.39 is 0 Å². The monoisotopic (exact) mass is 294 g/mol. The van der Waals surface area contributed by atoms with Gasteiger partial charge in [-0.2, -0.15) is 5.10 Å². The van der Waals surface area contributed by atoms with Crippen LogP contribution in [0.2, 0.25) is 0 Å². The van der Waals surface area contributed by atoms with Crippen LogP contribution in [0.4, 0.5) is 0 Å². The Morgan fingerprint density at radius 1 is 1.23 bits per heavy atom. The van der Waals surface area contributed by atoms with Crippen LogP contribution in [-0.2, 0) is 11.3 Å². The third-order valence-electron chi connectivity index (χ3n) is 3.16. The summed E-state index contributed by atoms with van der Waals surface area (Å²) in [4.78, 5) is 15.9. The molecule has 22 heavy (non-hydrogen) atoms. The number of hydrazone groups is 1. The van der Waals surface area contributed by atoms with Gasteiger partial charge in [-0.3, -0.25) is 9.78 Å². The largest absolute Gasteiger partial charge is 0.271 e. The van der Waals surface area contributed by atoms with Gasteiger partial charge in [0.25, 0.3) is 5.91 Å². The second-order valence-corrected chi connectivity index (χ2v) is 4.70. The van der Waals surface area contributed by atoms with Crippen LogP contribution < -0.4 is 5.43 Å². The van der Waals surface area contributed by atoms with Gasteiger partial charge < -0.3 is 0 Å². The third kappa shape index (κ3) is 2.98. The van der Waals surface area contributed by atoms with Crippen molar-refractivity contribution >= 4 is 22.7 Å². The number of rotatable bonds is 4. The number of nitrogens with one attached hydrogen (secondary N) is 1. The van der Waals surface area contributed by atoms with Crippen LogP contribution in [0, 0.1) is 0 Å². The minimum absolute atomic E-state index is 0.0631. The van der Waals surface area contributed by atoms with Crippen molar-refractivity contribution in [3.63, 3.8) is 0 Å². The number of nitrogens with zero attached hydrogens (tertiary/aromatic N) is 5. The predicted molar refractivity (Wildman–Crippen MR) is 82.1 cm³/mol. The van der Waals surface area contributed by atoms with Crippen molar-refractivity contribution in [2.45, 2.75) is 13.5 Å². The van der Waals surface area contributed by atoms with Gasteiger partial charge in [-0.1, -0.05) is 17.3 Å². The van der Waals surface area contributed by atoms with Crippen LogP contribution in [0.1, 0.15) is 12.5 Å². The maximum atomic E-state index is 12.0. The number of hydrogen-bond donors (Lipinski definition) is 1. The van der Waals surface area contributed by atoms with E-state index in [0.717, 1.165) is 16.6 Å². The highest BCUT2D eigenvalue weighted by molar-refractivity contribution is 5.99. The summed E-state index contributed by atoms with van der Waals surface area (Å²) >= 11 is 0. The first-order chi connectivity index (χ1) is 10.7. The summed E-state index contributed by atoms with van der Waals surface area (Å²) in [6.45, 7) is 1.88. The molecular formula is C15H14N6O. The minimum Gasteiger partial charge on any atom is -0.271 e. The van der Waals surface area contributed by atoms with Crippen molar-refractivity contribution in [1.82, 2.24) is 25.4 Å². The molecule has 0 radical (unpaired) electrons. The van der Waals surface area contributed by atoms with E-state index in [0.29, 0.717) is 5.71 Å². The molecule has 2 aromatic heterocycles. The lowest BCUT2D eigenvalue weighted by Crippen LogP contribution is -2.24. The lowest BCUT2D eigenvalue weighted by Gasteiger charge is -2.03. The molecular weight excluding hydrogens is 280 g/mol. The molecule has 110 valence electrons. The van der Waals surface area contributed by atoms with E-state index in [9.17, 15) is 4.79 Å². The van der Waals surface area contributed by atoms with Crippen LogP contribution in [0.5, 0.6) is 0 Å². The number of pyridine rings is 1. The van der Waals surface area contributed by atoms with Gasteiger partial charge in [-0.15, -0.1) is 5.10 Å². The number of benzene rings is 1. The fourth-order valence-corrected chi connectivity index (χ4v) is 2.01. The number of aromatic nitrogens is 4. The molecule has 0 spiro atoms. The highest BCUT2D eigenvalue weighted by Gasteiger charge is 2.08. The Labute approximate surface area is 126 Å². The second kappa shape index (κ2) is 6.13. The molecule has 7 heteroatoms. The first-order valence-corrected chi connectivity index (χ1v) is 6.76. The minimum atomic E-state index is -0.260. The molecule has 2 heterocycles. The van der Waals surface area contributed by atoms with Gasteiger partial charge in [0, 0.05) is 18.0 Å². The average molecular weight is 294 g/mol. The van der Waals surface area contributed by atoms with Gasteiger partial charge in [0.05, 0.1) is 11.2 Å². The Morgan fingerprint density at radius 2 is 2.00 bits per heavy atom. The average Bonchev–Trinajstić information content (AvgIpc) is 2.97. The Kier molecular flexibility index (Phi) is 3.86. The summed E-state index contributed by atoms with van der Waals surface area (Å²) in [7, 11) is 0. The first-order valence-electron chi connectivity index (χ1n) is 6.76. The SMILES string of the molecule is CC(=NNC(=O)Cn1nnc2ccccc21)c1ccncc1. The molecule has 0 saturated heterocycles. The van der Waals surface area contributed by atoms with Crippen LogP contribution in [-0.4, -0.2) is 31.6 Å². The van der Waals surface area contributed by atoms with Crippen molar-refractivity contribution in [3.05, 3.63) is 54.4 Å².